The molecule has 2 rings (SSSR count). The van der Waals surface area contributed by atoms with E-state index in [0.29, 0.717) is 11.3 Å². The van der Waals surface area contributed by atoms with Gasteiger partial charge in [-0.15, -0.1) is 0 Å². The predicted octanol–water partition coefficient (Wildman–Crippen LogP) is 1.28. The second kappa shape index (κ2) is 2.41. The minimum atomic E-state index is 0.130. The molecular formula is C8H8N2O2. The number of aromatic amines is 1. The molecule has 0 radical (unpaired) electrons. The number of aromatic hydroxyl groups is 1. The Balaban J connectivity index is 2.75. The Hall–Kier alpha value is -1.71. The molecule has 0 amide bonds. The highest BCUT2D eigenvalue weighted by Crippen LogP contribution is 2.27. The Kier molecular flexibility index (Phi) is 1.40. The number of hydrogen-bond donors (Lipinski definition) is 2. The summed E-state index contributed by atoms with van der Waals surface area (Å²) in [4.78, 5) is 6.82. The number of benzene rings is 1. The van der Waals surface area contributed by atoms with Crippen molar-refractivity contribution in [1.82, 2.24) is 9.97 Å². The fraction of sp³-hybridized carbons (Fsp3) is 0.125. The first kappa shape index (κ1) is 6.97. The van der Waals surface area contributed by atoms with Gasteiger partial charge in [-0.25, -0.2) is 4.98 Å². The van der Waals surface area contributed by atoms with E-state index < -0.39 is 0 Å². The van der Waals surface area contributed by atoms with Gasteiger partial charge >= 0.3 is 0 Å². The Labute approximate surface area is 68.8 Å². The van der Waals surface area contributed by atoms with Gasteiger partial charge in [0.2, 0.25) is 0 Å². The lowest BCUT2D eigenvalue weighted by Gasteiger charge is -1.99. The van der Waals surface area contributed by atoms with Crippen LogP contribution in [0.1, 0.15) is 0 Å². The first-order valence-electron chi connectivity index (χ1n) is 3.51. The number of nitrogens with one attached hydrogen (secondary N) is 1. The minimum absolute atomic E-state index is 0.130. The zero-order valence-corrected chi connectivity index (χ0v) is 6.53. The average Bonchev–Trinajstić information content (AvgIpc) is 2.52. The molecule has 1 aromatic heterocycles. The van der Waals surface area contributed by atoms with Gasteiger partial charge in [-0.1, -0.05) is 0 Å². The number of rotatable bonds is 1. The lowest BCUT2D eigenvalue weighted by molar-refractivity contribution is 0.409. The molecule has 0 spiro atoms. The topological polar surface area (TPSA) is 58.1 Å². The van der Waals surface area contributed by atoms with Crippen LogP contribution in [0.25, 0.3) is 11.0 Å². The summed E-state index contributed by atoms with van der Waals surface area (Å²) in [5, 5.41) is 9.41. The van der Waals surface area contributed by atoms with Crippen LogP contribution in [0, 0.1) is 0 Å². The maximum absolute atomic E-state index is 9.41. The number of H-pyrrole nitrogens is 1. The van der Waals surface area contributed by atoms with Gasteiger partial charge < -0.3 is 14.8 Å². The molecule has 2 N–H and O–H groups in total. The molecule has 0 aliphatic rings. The van der Waals surface area contributed by atoms with E-state index >= 15 is 0 Å². The first-order chi connectivity index (χ1) is 5.81. The van der Waals surface area contributed by atoms with Crippen LogP contribution in [-0.2, 0) is 0 Å². The SMILES string of the molecule is COc1cc(O)c2nc[nH]c2c1. The fourth-order valence-electron chi connectivity index (χ4n) is 1.12. The van der Waals surface area contributed by atoms with Gasteiger partial charge in [0.25, 0.3) is 0 Å². The molecule has 2 aromatic rings. The summed E-state index contributed by atoms with van der Waals surface area (Å²) < 4.78 is 4.96. The van der Waals surface area contributed by atoms with Crippen LogP contribution in [0.4, 0.5) is 0 Å². The van der Waals surface area contributed by atoms with Crippen LogP contribution in [0.3, 0.4) is 0 Å². The van der Waals surface area contributed by atoms with Crippen molar-refractivity contribution in [3.05, 3.63) is 18.5 Å². The second-order valence-corrected chi connectivity index (χ2v) is 2.45. The van der Waals surface area contributed by atoms with Crippen LogP contribution in [0.2, 0.25) is 0 Å². The summed E-state index contributed by atoms with van der Waals surface area (Å²) in [7, 11) is 1.55. The largest absolute Gasteiger partial charge is 0.505 e. The van der Waals surface area contributed by atoms with Crippen molar-refractivity contribution in [2.75, 3.05) is 7.11 Å². The maximum Gasteiger partial charge on any atom is 0.147 e. The summed E-state index contributed by atoms with van der Waals surface area (Å²) in [5.74, 6) is 0.745. The van der Waals surface area contributed by atoms with Crippen LogP contribution in [0.5, 0.6) is 11.5 Å². The number of ether oxygens (including phenoxy) is 1. The maximum atomic E-state index is 9.41. The number of phenolic OH excluding ortho intramolecular Hbond substituents is 1. The van der Waals surface area contributed by atoms with Crippen molar-refractivity contribution in [3.63, 3.8) is 0 Å². The van der Waals surface area contributed by atoms with Crippen LogP contribution in [-0.4, -0.2) is 22.2 Å². The van der Waals surface area contributed by atoms with Gasteiger partial charge in [0, 0.05) is 12.1 Å². The summed E-state index contributed by atoms with van der Waals surface area (Å²) in [6.45, 7) is 0. The Bertz CT molecular complexity index is 408. The molecule has 4 heteroatoms. The fourth-order valence-corrected chi connectivity index (χ4v) is 1.12. The number of methoxy groups -OCH3 is 1. The van der Waals surface area contributed by atoms with Gasteiger partial charge in [-0.2, -0.15) is 0 Å². The average molecular weight is 164 g/mol. The highest BCUT2D eigenvalue weighted by molar-refractivity contribution is 5.82. The smallest absolute Gasteiger partial charge is 0.147 e. The molecule has 1 aromatic carbocycles. The van der Waals surface area contributed by atoms with E-state index in [1.165, 1.54) is 12.4 Å². The molecule has 0 saturated carbocycles. The molecule has 4 nitrogen and oxygen atoms in total. The third kappa shape index (κ3) is 0.887. The highest BCUT2D eigenvalue weighted by atomic mass is 16.5. The molecule has 0 unspecified atom stereocenters. The zero-order valence-electron chi connectivity index (χ0n) is 6.53. The standard InChI is InChI=1S/C8H8N2O2/c1-12-5-2-6-8(7(11)3-5)10-4-9-6/h2-4,11H,1H3,(H,9,10). The third-order valence-electron chi connectivity index (χ3n) is 1.71. The second-order valence-electron chi connectivity index (χ2n) is 2.45. The number of nitrogens with zero attached hydrogens (tertiary/aromatic N) is 1. The number of phenols is 1. The van der Waals surface area contributed by atoms with Crippen molar-refractivity contribution in [2.24, 2.45) is 0 Å². The summed E-state index contributed by atoms with van der Waals surface area (Å²) in [5.41, 5.74) is 1.34. The van der Waals surface area contributed by atoms with E-state index in [-0.39, 0.29) is 5.75 Å². The van der Waals surface area contributed by atoms with Crippen LogP contribution in [0.15, 0.2) is 18.5 Å². The van der Waals surface area contributed by atoms with Gasteiger partial charge in [0.15, 0.2) is 0 Å². The highest BCUT2D eigenvalue weighted by Gasteiger charge is 2.04. The Morgan fingerprint density at radius 3 is 3.08 bits per heavy atom. The van der Waals surface area contributed by atoms with Crippen molar-refractivity contribution in [2.45, 2.75) is 0 Å². The Morgan fingerprint density at radius 1 is 1.50 bits per heavy atom. The van der Waals surface area contributed by atoms with Crippen molar-refractivity contribution in [3.8, 4) is 11.5 Å². The lowest BCUT2D eigenvalue weighted by atomic mass is 10.3. The van der Waals surface area contributed by atoms with Gasteiger partial charge in [0.05, 0.1) is 19.0 Å². The summed E-state index contributed by atoms with van der Waals surface area (Å²) >= 11 is 0. The van der Waals surface area contributed by atoms with E-state index in [4.69, 9.17) is 4.74 Å². The monoisotopic (exact) mass is 164 g/mol. The van der Waals surface area contributed by atoms with E-state index in [2.05, 4.69) is 9.97 Å². The molecule has 1 heterocycles. The van der Waals surface area contributed by atoms with Crippen molar-refractivity contribution in [1.29, 1.82) is 0 Å². The number of aromatic nitrogens is 2. The molecule has 12 heavy (non-hydrogen) atoms. The first-order valence-corrected chi connectivity index (χ1v) is 3.51. The van der Waals surface area contributed by atoms with E-state index in [9.17, 15) is 5.11 Å². The molecule has 62 valence electrons. The van der Waals surface area contributed by atoms with Crippen molar-refractivity contribution >= 4 is 11.0 Å². The Morgan fingerprint density at radius 2 is 2.33 bits per heavy atom. The molecule has 0 bridgehead atoms. The van der Waals surface area contributed by atoms with E-state index in [1.54, 1.807) is 13.2 Å². The zero-order chi connectivity index (χ0) is 8.55. The van der Waals surface area contributed by atoms with Gasteiger partial charge in [-0.3, -0.25) is 0 Å². The van der Waals surface area contributed by atoms with E-state index in [0.717, 1.165) is 5.52 Å². The van der Waals surface area contributed by atoms with E-state index in [1.807, 2.05) is 0 Å². The number of hydrogen-bond acceptors (Lipinski definition) is 3. The molecular weight excluding hydrogens is 156 g/mol. The summed E-state index contributed by atoms with van der Waals surface area (Å²) in [6.07, 6.45) is 1.53. The third-order valence-corrected chi connectivity index (χ3v) is 1.71. The van der Waals surface area contributed by atoms with Crippen LogP contribution >= 0.6 is 0 Å². The summed E-state index contributed by atoms with van der Waals surface area (Å²) in [6, 6.07) is 3.31. The molecule has 0 aliphatic carbocycles. The molecule has 0 saturated heterocycles. The number of imidazole rings is 1. The molecule has 0 fully saturated rings. The van der Waals surface area contributed by atoms with Crippen LogP contribution < -0.4 is 4.74 Å². The predicted molar refractivity (Wildman–Crippen MR) is 44.3 cm³/mol. The number of fused-ring (bicyclic) bond motifs is 1. The van der Waals surface area contributed by atoms with Gasteiger partial charge in [-0.05, 0) is 0 Å². The molecule has 0 aliphatic heterocycles. The minimum Gasteiger partial charge on any atom is -0.505 e. The van der Waals surface area contributed by atoms with Gasteiger partial charge in [0.1, 0.15) is 17.0 Å². The lowest BCUT2D eigenvalue weighted by Crippen LogP contribution is -1.82. The quantitative estimate of drug-likeness (QED) is 0.667. The normalized spacial score (nSPS) is 10.4. The van der Waals surface area contributed by atoms with Crippen molar-refractivity contribution < 1.29 is 9.84 Å². The molecule has 0 atom stereocenters.